The molecule has 2 aliphatic rings. The standard InChI is InChI=1S/C28H26N2O3/c1-6-29-23-15-25-21(13-17(23)4)27(19-11-9-10-12-20(19)28(31)32)22-14-18(5)24(16-26(22)33-25)30(7-2)8-3/h1,9-16H,7-8H2,2-5H3,(H,31,32)/p+1. The SMILES string of the molecule is C#CNc1cc2oc3cc(=[N+](CC)CC)c(C)cc-3c(-c3ccccc3C(=O)O)c2cc1C. The van der Waals surface area contributed by atoms with Gasteiger partial charge in [0.2, 0.25) is 5.36 Å². The van der Waals surface area contributed by atoms with Crippen molar-refractivity contribution in [2.45, 2.75) is 27.7 Å². The smallest absolute Gasteiger partial charge is 0.336 e. The van der Waals surface area contributed by atoms with Crippen LogP contribution < -0.4 is 15.2 Å². The molecule has 0 amide bonds. The van der Waals surface area contributed by atoms with E-state index in [9.17, 15) is 9.90 Å². The van der Waals surface area contributed by atoms with Gasteiger partial charge in [-0.3, -0.25) is 0 Å². The second-order valence-corrected chi connectivity index (χ2v) is 8.07. The van der Waals surface area contributed by atoms with E-state index in [1.54, 1.807) is 12.1 Å². The molecule has 0 spiro atoms. The quantitative estimate of drug-likeness (QED) is 0.191. The molecular formula is C28H27N2O3+. The van der Waals surface area contributed by atoms with Crippen molar-refractivity contribution in [2.75, 3.05) is 18.4 Å². The summed E-state index contributed by atoms with van der Waals surface area (Å²) in [6, 6.07) is 17.6. The van der Waals surface area contributed by atoms with Gasteiger partial charge in [-0.15, -0.1) is 0 Å². The van der Waals surface area contributed by atoms with Crippen LogP contribution >= 0.6 is 0 Å². The van der Waals surface area contributed by atoms with Crippen LogP contribution in [0.4, 0.5) is 5.69 Å². The number of carboxylic acid groups (broad SMARTS) is 1. The summed E-state index contributed by atoms with van der Waals surface area (Å²) in [7, 11) is 0. The molecule has 0 saturated heterocycles. The van der Waals surface area contributed by atoms with E-state index in [1.807, 2.05) is 31.2 Å². The third-order valence-corrected chi connectivity index (χ3v) is 6.12. The molecule has 2 aromatic rings. The van der Waals surface area contributed by atoms with Crippen molar-refractivity contribution in [1.29, 1.82) is 0 Å². The number of carbonyl (C=O) groups is 1. The first-order valence-electron chi connectivity index (χ1n) is 11.0. The summed E-state index contributed by atoms with van der Waals surface area (Å²) >= 11 is 0. The van der Waals surface area contributed by atoms with Crippen molar-refractivity contribution in [2.24, 2.45) is 0 Å². The molecular weight excluding hydrogens is 412 g/mol. The fourth-order valence-electron chi connectivity index (χ4n) is 4.48. The molecule has 0 saturated carbocycles. The van der Waals surface area contributed by atoms with Gasteiger partial charge in [-0.05, 0) is 57.0 Å². The third-order valence-electron chi connectivity index (χ3n) is 6.12. The van der Waals surface area contributed by atoms with Crippen LogP contribution in [0.15, 0.2) is 52.9 Å². The average molecular weight is 440 g/mol. The van der Waals surface area contributed by atoms with Crippen LogP contribution in [0.1, 0.15) is 35.3 Å². The van der Waals surface area contributed by atoms with Crippen molar-refractivity contribution < 1.29 is 14.3 Å². The molecule has 0 aromatic heterocycles. The van der Waals surface area contributed by atoms with Gasteiger partial charge in [0, 0.05) is 34.2 Å². The highest BCUT2D eigenvalue weighted by molar-refractivity contribution is 6.08. The Morgan fingerprint density at radius 1 is 1.06 bits per heavy atom. The van der Waals surface area contributed by atoms with Crippen molar-refractivity contribution >= 4 is 22.6 Å². The van der Waals surface area contributed by atoms with E-state index in [0.717, 1.165) is 51.8 Å². The summed E-state index contributed by atoms with van der Waals surface area (Å²) in [4.78, 5) is 12.1. The van der Waals surface area contributed by atoms with E-state index < -0.39 is 5.97 Å². The summed E-state index contributed by atoms with van der Waals surface area (Å²) in [6.07, 6.45) is 5.48. The van der Waals surface area contributed by atoms with Crippen LogP contribution in [-0.2, 0) is 0 Å². The molecule has 4 rings (SSSR count). The van der Waals surface area contributed by atoms with Gasteiger partial charge in [-0.25, -0.2) is 9.37 Å². The molecule has 166 valence electrons. The highest BCUT2D eigenvalue weighted by Crippen LogP contribution is 2.42. The lowest BCUT2D eigenvalue weighted by atomic mass is 9.89. The molecule has 0 fully saturated rings. The molecule has 0 unspecified atom stereocenters. The first kappa shape index (κ1) is 22.2. The second kappa shape index (κ2) is 8.84. The molecule has 33 heavy (non-hydrogen) atoms. The maximum absolute atomic E-state index is 12.1. The summed E-state index contributed by atoms with van der Waals surface area (Å²) in [5.41, 5.74) is 6.09. The summed E-state index contributed by atoms with van der Waals surface area (Å²) in [5.74, 6) is -0.271. The van der Waals surface area contributed by atoms with E-state index in [0.29, 0.717) is 16.9 Å². The Balaban J connectivity index is 2.23. The van der Waals surface area contributed by atoms with Crippen molar-refractivity contribution in [3.05, 3.63) is 70.6 Å². The molecule has 1 aliphatic heterocycles. The van der Waals surface area contributed by atoms with Gasteiger partial charge in [0.1, 0.15) is 24.4 Å². The van der Waals surface area contributed by atoms with Crippen LogP contribution in [0.25, 0.3) is 33.4 Å². The summed E-state index contributed by atoms with van der Waals surface area (Å²) < 4.78 is 8.68. The second-order valence-electron chi connectivity index (χ2n) is 8.07. The minimum atomic E-state index is -0.966. The number of rotatable bonds is 5. The normalized spacial score (nSPS) is 10.9. The maximum atomic E-state index is 12.1. The number of fused-ring (bicyclic) bond motifs is 2. The van der Waals surface area contributed by atoms with Crippen molar-refractivity contribution in [3.63, 3.8) is 0 Å². The Morgan fingerprint density at radius 3 is 2.45 bits per heavy atom. The number of anilines is 1. The van der Waals surface area contributed by atoms with Gasteiger partial charge in [-0.2, -0.15) is 0 Å². The van der Waals surface area contributed by atoms with Crippen molar-refractivity contribution in [3.8, 4) is 34.9 Å². The van der Waals surface area contributed by atoms with Gasteiger partial charge < -0.3 is 14.8 Å². The Morgan fingerprint density at radius 2 is 1.79 bits per heavy atom. The van der Waals surface area contributed by atoms with E-state index in [4.69, 9.17) is 10.8 Å². The molecule has 0 bridgehead atoms. The van der Waals surface area contributed by atoms with E-state index in [2.05, 4.69) is 48.8 Å². The van der Waals surface area contributed by atoms with E-state index >= 15 is 0 Å². The third kappa shape index (κ3) is 3.85. The number of nitrogens with one attached hydrogen (secondary N) is 1. The summed E-state index contributed by atoms with van der Waals surface area (Å²) in [5, 5.41) is 14.8. The number of benzene rings is 3. The molecule has 1 aliphatic carbocycles. The monoisotopic (exact) mass is 439 g/mol. The van der Waals surface area contributed by atoms with Crippen LogP contribution in [0.5, 0.6) is 0 Å². The zero-order valence-corrected chi connectivity index (χ0v) is 19.3. The van der Waals surface area contributed by atoms with Gasteiger partial charge in [0.15, 0.2) is 0 Å². The van der Waals surface area contributed by atoms with Gasteiger partial charge >= 0.3 is 5.97 Å². The topological polar surface area (TPSA) is 65.5 Å². The molecule has 1 heterocycles. The number of aromatic carboxylic acids is 1. The van der Waals surface area contributed by atoms with Gasteiger partial charge in [0.25, 0.3) is 0 Å². The Hall–Kier alpha value is -4.04. The molecule has 2 aromatic carbocycles. The maximum Gasteiger partial charge on any atom is 0.336 e. The zero-order valence-electron chi connectivity index (χ0n) is 19.3. The van der Waals surface area contributed by atoms with Gasteiger partial charge in [0.05, 0.1) is 17.3 Å². The minimum absolute atomic E-state index is 0.250. The van der Waals surface area contributed by atoms with Crippen LogP contribution in [0, 0.1) is 26.3 Å². The van der Waals surface area contributed by atoms with E-state index in [-0.39, 0.29) is 5.56 Å². The lowest BCUT2D eigenvalue weighted by Crippen LogP contribution is -2.31. The molecule has 2 N–H and O–H groups in total. The van der Waals surface area contributed by atoms with Crippen LogP contribution in [0.2, 0.25) is 0 Å². The predicted octanol–water partition coefficient (Wildman–Crippen LogP) is 5.33. The Labute approximate surface area is 193 Å². The molecule has 0 radical (unpaired) electrons. The number of aryl methyl sites for hydroxylation is 2. The van der Waals surface area contributed by atoms with Gasteiger partial charge in [-0.1, -0.05) is 24.6 Å². The largest absolute Gasteiger partial charge is 0.478 e. The fraction of sp³-hybridized carbons (Fsp3) is 0.214. The molecule has 5 nitrogen and oxygen atoms in total. The highest BCUT2D eigenvalue weighted by atomic mass is 16.4. The first-order valence-corrected chi connectivity index (χ1v) is 11.0. The minimum Gasteiger partial charge on any atom is -0.478 e. The number of nitrogens with zero attached hydrogens (tertiary/aromatic N) is 1. The fourth-order valence-corrected chi connectivity index (χ4v) is 4.48. The van der Waals surface area contributed by atoms with Crippen LogP contribution in [0.3, 0.4) is 0 Å². The zero-order chi connectivity index (χ0) is 23.7. The Bertz CT molecular complexity index is 1470. The van der Waals surface area contributed by atoms with E-state index in [1.165, 1.54) is 0 Å². The molecule has 5 heteroatoms. The predicted molar refractivity (Wildman–Crippen MR) is 134 cm³/mol. The number of hydrogen-bond donors (Lipinski definition) is 2. The van der Waals surface area contributed by atoms with Crippen LogP contribution in [-0.4, -0.2) is 24.2 Å². The molecule has 0 atom stereocenters. The average Bonchev–Trinajstić information content (AvgIpc) is 2.80. The lowest BCUT2D eigenvalue weighted by molar-refractivity contribution is 0.0697. The Kier molecular flexibility index (Phi) is 5.93. The lowest BCUT2D eigenvalue weighted by Gasteiger charge is -2.18. The number of carboxylic acids is 1. The summed E-state index contributed by atoms with van der Waals surface area (Å²) in [6.45, 7) is 10.0. The highest BCUT2D eigenvalue weighted by Gasteiger charge is 2.23. The number of terminal acetylenes is 1. The number of hydrogen-bond acceptors (Lipinski definition) is 3. The first-order chi connectivity index (χ1) is 15.9. The van der Waals surface area contributed by atoms with Crippen molar-refractivity contribution in [1.82, 2.24) is 4.58 Å².